The molecule has 7 heteroatoms. The normalized spacial score (nSPS) is 17.3. The lowest BCUT2D eigenvalue weighted by Crippen LogP contribution is -2.39. The summed E-state index contributed by atoms with van der Waals surface area (Å²) < 4.78 is 0. The summed E-state index contributed by atoms with van der Waals surface area (Å²) in [5, 5.41) is 8.96. The monoisotopic (exact) mass is 369 g/mol. The molecule has 124 valence electrons. The van der Waals surface area contributed by atoms with E-state index in [4.69, 9.17) is 0 Å². The van der Waals surface area contributed by atoms with Gasteiger partial charge in [0.2, 0.25) is 5.91 Å². The second kappa shape index (κ2) is 8.68. The summed E-state index contributed by atoms with van der Waals surface area (Å²) in [4.78, 5) is 16.6. The maximum Gasteiger partial charge on any atom is 0.227 e. The van der Waals surface area contributed by atoms with E-state index in [1.807, 2.05) is 29.3 Å². The number of nitrogens with one attached hydrogen (secondary N) is 2. The minimum absolute atomic E-state index is 0. The van der Waals surface area contributed by atoms with Crippen LogP contribution in [0.15, 0.2) is 29.6 Å². The van der Waals surface area contributed by atoms with E-state index in [-0.39, 0.29) is 24.4 Å². The molecular weight excluding hydrogens is 350 g/mol. The zero-order chi connectivity index (χ0) is 15.4. The molecule has 0 aliphatic carbocycles. The summed E-state index contributed by atoms with van der Waals surface area (Å²) in [6.45, 7) is 3.05. The number of aromatic nitrogens is 1. The van der Waals surface area contributed by atoms with Crippen molar-refractivity contribution < 1.29 is 4.79 Å². The number of anilines is 1. The smallest absolute Gasteiger partial charge is 0.227 e. The van der Waals surface area contributed by atoms with Crippen molar-refractivity contribution in [2.45, 2.75) is 19.4 Å². The standard InChI is InChI=1S/C16H19N3OS2.ClH/c1-11-4-2-3-5-13(11)14-10-22-16(18-14)19-15(20)8-12-9-21-7-6-17-12;/h2-5,10,12,17H,6-9H2,1H3,(H,18,19,20);1H. The number of hydrogen-bond donors (Lipinski definition) is 2. The number of carbonyl (C=O) groups is 1. The van der Waals surface area contributed by atoms with Gasteiger partial charge in [0, 0.05) is 41.5 Å². The first-order valence-electron chi connectivity index (χ1n) is 7.35. The lowest BCUT2D eigenvalue weighted by atomic mass is 10.1. The third-order valence-corrected chi connectivity index (χ3v) is 5.49. The summed E-state index contributed by atoms with van der Waals surface area (Å²) in [5.74, 6) is 2.16. The molecule has 1 amide bonds. The largest absolute Gasteiger partial charge is 0.312 e. The highest BCUT2D eigenvalue weighted by atomic mass is 35.5. The van der Waals surface area contributed by atoms with Gasteiger partial charge in [-0.25, -0.2) is 4.98 Å². The Kier molecular flexibility index (Phi) is 6.89. The summed E-state index contributed by atoms with van der Waals surface area (Å²) in [5.41, 5.74) is 3.23. The van der Waals surface area contributed by atoms with Crippen LogP contribution in [0.1, 0.15) is 12.0 Å². The van der Waals surface area contributed by atoms with Crippen molar-refractivity contribution in [2.75, 3.05) is 23.4 Å². The lowest BCUT2D eigenvalue weighted by Gasteiger charge is -2.22. The van der Waals surface area contributed by atoms with Crippen LogP contribution in [0.2, 0.25) is 0 Å². The Bertz CT molecular complexity index is 656. The van der Waals surface area contributed by atoms with Crippen molar-refractivity contribution >= 4 is 46.5 Å². The molecule has 1 aromatic heterocycles. The van der Waals surface area contributed by atoms with Crippen molar-refractivity contribution in [2.24, 2.45) is 0 Å². The number of nitrogens with zero attached hydrogens (tertiary/aromatic N) is 1. The molecule has 1 aliphatic heterocycles. The van der Waals surface area contributed by atoms with E-state index < -0.39 is 0 Å². The van der Waals surface area contributed by atoms with Gasteiger partial charge in [0.25, 0.3) is 0 Å². The van der Waals surface area contributed by atoms with Gasteiger partial charge >= 0.3 is 0 Å². The minimum atomic E-state index is 0. The quantitative estimate of drug-likeness (QED) is 0.865. The van der Waals surface area contributed by atoms with Crippen molar-refractivity contribution in [1.29, 1.82) is 0 Å². The second-order valence-electron chi connectivity index (χ2n) is 5.33. The van der Waals surface area contributed by atoms with Crippen LogP contribution in [0, 0.1) is 6.92 Å². The summed E-state index contributed by atoms with van der Waals surface area (Å²) in [6, 6.07) is 8.42. The van der Waals surface area contributed by atoms with E-state index in [0.717, 1.165) is 29.3 Å². The molecular formula is C16H20ClN3OS2. The fourth-order valence-electron chi connectivity index (χ4n) is 2.46. The SMILES string of the molecule is Cc1ccccc1-c1csc(NC(=O)CC2CSCCN2)n1.Cl. The average molecular weight is 370 g/mol. The lowest BCUT2D eigenvalue weighted by molar-refractivity contribution is -0.116. The molecule has 23 heavy (non-hydrogen) atoms. The fourth-order valence-corrected chi connectivity index (χ4v) is 4.14. The Morgan fingerprint density at radius 2 is 2.26 bits per heavy atom. The van der Waals surface area contributed by atoms with Crippen molar-refractivity contribution in [3.8, 4) is 11.3 Å². The zero-order valence-electron chi connectivity index (χ0n) is 12.9. The molecule has 0 saturated carbocycles. The Morgan fingerprint density at radius 3 is 3.00 bits per heavy atom. The fraction of sp³-hybridized carbons (Fsp3) is 0.375. The molecule has 0 radical (unpaired) electrons. The topological polar surface area (TPSA) is 54.0 Å². The van der Waals surface area contributed by atoms with E-state index in [9.17, 15) is 4.79 Å². The van der Waals surface area contributed by atoms with E-state index in [1.54, 1.807) is 0 Å². The molecule has 2 aromatic rings. The van der Waals surface area contributed by atoms with E-state index in [0.29, 0.717) is 11.6 Å². The number of hydrogen-bond acceptors (Lipinski definition) is 5. The number of aryl methyl sites for hydroxylation is 1. The van der Waals surface area contributed by atoms with Crippen LogP contribution in [0.5, 0.6) is 0 Å². The third kappa shape index (κ3) is 4.94. The van der Waals surface area contributed by atoms with Crippen LogP contribution in [0.3, 0.4) is 0 Å². The van der Waals surface area contributed by atoms with Gasteiger partial charge in [0.05, 0.1) is 5.69 Å². The van der Waals surface area contributed by atoms with Crippen molar-refractivity contribution in [1.82, 2.24) is 10.3 Å². The maximum absolute atomic E-state index is 12.1. The number of thiazole rings is 1. The van der Waals surface area contributed by atoms with Gasteiger partial charge in [0.1, 0.15) is 0 Å². The van der Waals surface area contributed by atoms with Crippen LogP contribution in [-0.4, -0.2) is 35.0 Å². The first-order valence-corrected chi connectivity index (χ1v) is 9.38. The molecule has 1 aliphatic rings. The van der Waals surface area contributed by atoms with Crippen molar-refractivity contribution in [3.63, 3.8) is 0 Å². The molecule has 1 atom stereocenters. The zero-order valence-corrected chi connectivity index (χ0v) is 15.3. The number of thioether (sulfide) groups is 1. The maximum atomic E-state index is 12.1. The molecule has 2 N–H and O–H groups in total. The van der Waals surface area contributed by atoms with Crippen molar-refractivity contribution in [3.05, 3.63) is 35.2 Å². The molecule has 0 spiro atoms. The molecule has 2 heterocycles. The molecule has 3 rings (SSSR count). The number of halogens is 1. The molecule has 1 aromatic carbocycles. The number of carbonyl (C=O) groups excluding carboxylic acids is 1. The van der Waals surface area contributed by atoms with E-state index in [2.05, 4.69) is 34.7 Å². The molecule has 1 fully saturated rings. The Hall–Kier alpha value is -1.08. The first-order chi connectivity index (χ1) is 10.7. The Balaban J connectivity index is 0.00000192. The predicted octanol–water partition coefficient (Wildman–Crippen LogP) is 3.57. The van der Waals surface area contributed by atoms with Gasteiger partial charge in [-0.2, -0.15) is 11.8 Å². The van der Waals surface area contributed by atoms with Gasteiger partial charge in [-0.3, -0.25) is 4.79 Å². The minimum Gasteiger partial charge on any atom is -0.312 e. The number of rotatable bonds is 4. The van der Waals surface area contributed by atoms with Crippen LogP contribution < -0.4 is 10.6 Å². The highest BCUT2D eigenvalue weighted by molar-refractivity contribution is 7.99. The molecule has 1 saturated heterocycles. The Morgan fingerprint density at radius 1 is 1.43 bits per heavy atom. The highest BCUT2D eigenvalue weighted by Crippen LogP contribution is 2.27. The van der Waals surface area contributed by atoms with Crippen LogP contribution in [0.25, 0.3) is 11.3 Å². The van der Waals surface area contributed by atoms with Crippen LogP contribution >= 0.6 is 35.5 Å². The highest BCUT2D eigenvalue weighted by Gasteiger charge is 2.17. The second-order valence-corrected chi connectivity index (χ2v) is 7.34. The van der Waals surface area contributed by atoms with Crippen LogP contribution in [-0.2, 0) is 4.79 Å². The van der Waals surface area contributed by atoms with Crippen LogP contribution in [0.4, 0.5) is 5.13 Å². The molecule has 1 unspecified atom stereocenters. The summed E-state index contributed by atoms with van der Waals surface area (Å²) in [6.07, 6.45) is 0.506. The van der Waals surface area contributed by atoms with Gasteiger partial charge in [-0.05, 0) is 12.5 Å². The van der Waals surface area contributed by atoms with Gasteiger partial charge in [-0.15, -0.1) is 23.7 Å². The van der Waals surface area contributed by atoms with Gasteiger partial charge in [0.15, 0.2) is 5.13 Å². The predicted molar refractivity (Wildman–Crippen MR) is 102 cm³/mol. The van der Waals surface area contributed by atoms with Gasteiger partial charge < -0.3 is 10.6 Å². The first kappa shape index (κ1) is 18.3. The summed E-state index contributed by atoms with van der Waals surface area (Å²) >= 11 is 3.37. The average Bonchev–Trinajstić information content (AvgIpc) is 2.97. The third-order valence-electron chi connectivity index (χ3n) is 3.60. The van der Waals surface area contributed by atoms with Gasteiger partial charge in [-0.1, -0.05) is 24.3 Å². The van der Waals surface area contributed by atoms with E-state index >= 15 is 0 Å². The number of benzene rings is 1. The van der Waals surface area contributed by atoms with E-state index in [1.165, 1.54) is 16.9 Å². The Labute approximate surface area is 150 Å². The summed E-state index contributed by atoms with van der Waals surface area (Å²) in [7, 11) is 0. The number of amides is 1. The molecule has 4 nitrogen and oxygen atoms in total. The molecule has 0 bridgehead atoms.